The van der Waals surface area contributed by atoms with E-state index in [0.717, 1.165) is 19.2 Å². The van der Waals surface area contributed by atoms with E-state index >= 15 is 0 Å². The molecule has 1 aromatic carbocycles. The van der Waals surface area contributed by atoms with Crippen LogP contribution in [-0.4, -0.2) is 60.4 Å². The molecule has 4 rings (SSSR count). The molecule has 0 unspecified atom stereocenters. The van der Waals surface area contributed by atoms with Crippen LogP contribution in [0, 0.1) is 5.82 Å². The number of pyridine rings is 1. The van der Waals surface area contributed by atoms with Crippen molar-refractivity contribution in [3.05, 3.63) is 33.9 Å². The number of anilines is 1. The van der Waals surface area contributed by atoms with Gasteiger partial charge in [-0.15, -0.1) is 0 Å². The Morgan fingerprint density at radius 1 is 1.24 bits per heavy atom. The maximum atomic E-state index is 14.9. The second-order valence-corrected chi connectivity index (χ2v) is 6.44. The lowest BCUT2D eigenvalue weighted by Crippen LogP contribution is -2.45. The van der Waals surface area contributed by atoms with E-state index < -0.39 is 17.2 Å². The summed E-state index contributed by atoms with van der Waals surface area (Å²) in [6, 6.07) is 1.15. The van der Waals surface area contributed by atoms with Crippen LogP contribution >= 0.6 is 0 Å². The Labute approximate surface area is 142 Å². The molecule has 0 spiro atoms. The van der Waals surface area contributed by atoms with E-state index in [1.807, 2.05) is 11.9 Å². The van der Waals surface area contributed by atoms with Crippen molar-refractivity contribution in [1.29, 1.82) is 0 Å². The highest BCUT2D eigenvalue weighted by atomic mass is 19.1. The zero-order chi connectivity index (χ0) is 17.7. The molecular formula is C17H18FN3O4. The maximum Gasteiger partial charge on any atom is 0.341 e. The largest absolute Gasteiger partial charge is 0.487 e. The van der Waals surface area contributed by atoms with Gasteiger partial charge in [0.25, 0.3) is 0 Å². The molecule has 0 amide bonds. The predicted octanol–water partition coefficient (Wildman–Crippen LogP) is 0.983. The Bertz CT molecular complexity index is 932. The fourth-order valence-corrected chi connectivity index (χ4v) is 3.52. The van der Waals surface area contributed by atoms with Gasteiger partial charge in [-0.25, -0.2) is 9.18 Å². The summed E-state index contributed by atoms with van der Waals surface area (Å²) in [7, 11) is 2.01. The second kappa shape index (κ2) is 5.73. The van der Waals surface area contributed by atoms with E-state index in [9.17, 15) is 19.1 Å². The van der Waals surface area contributed by atoms with Crippen LogP contribution in [0.1, 0.15) is 10.4 Å². The third-order valence-corrected chi connectivity index (χ3v) is 4.87. The number of benzene rings is 1. The van der Waals surface area contributed by atoms with Crippen LogP contribution in [-0.2, 0) is 6.54 Å². The van der Waals surface area contributed by atoms with E-state index in [0.29, 0.717) is 43.2 Å². The molecule has 2 aromatic rings. The maximum absolute atomic E-state index is 14.9. The summed E-state index contributed by atoms with van der Waals surface area (Å²) in [4.78, 5) is 27.9. The van der Waals surface area contributed by atoms with Crippen molar-refractivity contribution < 1.29 is 19.0 Å². The lowest BCUT2D eigenvalue weighted by atomic mass is 10.1. The van der Waals surface area contributed by atoms with Crippen LogP contribution in [0.4, 0.5) is 10.1 Å². The molecule has 1 saturated heterocycles. The molecule has 1 fully saturated rings. The van der Waals surface area contributed by atoms with Gasteiger partial charge in [0, 0.05) is 32.4 Å². The highest BCUT2D eigenvalue weighted by Gasteiger charge is 2.28. The Balaban J connectivity index is 1.97. The lowest BCUT2D eigenvalue weighted by molar-refractivity contribution is 0.0694. The highest BCUT2D eigenvalue weighted by Crippen LogP contribution is 2.40. The normalized spacial score (nSPS) is 17.6. The number of carbonyl (C=O) groups is 1. The molecule has 1 aromatic heterocycles. The van der Waals surface area contributed by atoms with Crippen molar-refractivity contribution in [1.82, 2.24) is 9.47 Å². The van der Waals surface area contributed by atoms with Gasteiger partial charge >= 0.3 is 5.97 Å². The molecule has 0 atom stereocenters. The third-order valence-electron chi connectivity index (χ3n) is 4.87. The van der Waals surface area contributed by atoms with Gasteiger partial charge in [-0.05, 0) is 13.1 Å². The number of carboxylic acids is 1. The van der Waals surface area contributed by atoms with Crippen molar-refractivity contribution in [3.8, 4) is 5.75 Å². The van der Waals surface area contributed by atoms with E-state index in [-0.39, 0.29) is 10.9 Å². The van der Waals surface area contributed by atoms with Gasteiger partial charge in [0.05, 0.1) is 17.4 Å². The summed E-state index contributed by atoms with van der Waals surface area (Å²) in [5.74, 6) is -1.53. The molecular weight excluding hydrogens is 329 g/mol. The van der Waals surface area contributed by atoms with Crippen LogP contribution in [0.5, 0.6) is 5.75 Å². The molecule has 0 radical (unpaired) electrons. The number of likely N-dealkylation sites (N-methyl/N-ethyl adjacent to an activating group) is 1. The predicted molar refractivity (Wildman–Crippen MR) is 90.3 cm³/mol. The molecule has 2 aliphatic rings. The summed E-state index contributed by atoms with van der Waals surface area (Å²) >= 11 is 0. The summed E-state index contributed by atoms with van der Waals surface area (Å²) in [5.41, 5.74) is -0.213. The fourth-order valence-electron chi connectivity index (χ4n) is 3.52. The van der Waals surface area contributed by atoms with Crippen molar-refractivity contribution >= 4 is 22.6 Å². The van der Waals surface area contributed by atoms with Crippen LogP contribution in [0.25, 0.3) is 10.9 Å². The minimum absolute atomic E-state index is 0.0463. The van der Waals surface area contributed by atoms with Gasteiger partial charge in [0.15, 0.2) is 11.6 Å². The van der Waals surface area contributed by atoms with Crippen molar-refractivity contribution in [2.75, 3.05) is 44.7 Å². The molecule has 25 heavy (non-hydrogen) atoms. The van der Waals surface area contributed by atoms with Gasteiger partial charge in [-0.3, -0.25) is 4.79 Å². The Kier molecular flexibility index (Phi) is 3.64. The quantitative estimate of drug-likeness (QED) is 0.873. The number of aromatic nitrogens is 1. The highest BCUT2D eigenvalue weighted by molar-refractivity contribution is 5.97. The molecule has 0 aliphatic carbocycles. The number of rotatable bonds is 2. The first-order valence-corrected chi connectivity index (χ1v) is 8.16. The first kappa shape index (κ1) is 15.9. The minimum Gasteiger partial charge on any atom is -0.487 e. The van der Waals surface area contributed by atoms with Gasteiger partial charge in [-0.1, -0.05) is 0 Å². The molecule has 8 heteroatoms. The average Bonchev–Trinajstić information content (AvgIpc) is 2.58. The summed E-state index contributed by atoms with van der Waals surface area (Å²) < 4.78 is 22.3. The first-order valence-electron chi connectivity index (χ1n) is 8.16. The van der Waals surface area contributed by atoms with Gasteiger partial charge < -0.3 is 24.2 Å². The number of aromatic carboxylic acids is 1. The summed E-state index contributed by atoms with van der Waals surface area (Å²) in [6.07, 6.45) is 1.32. The smallest absolute Gasteiger partial charge is 0.341 e. The fraction of sp³-hybridized carbons (Fsp3) is 0.412. The van der Waals surface area contributed by atoms with Gasteiger partial charge in [-0.2, -0.15) is 0 Å². The molecule has 0 saturated carbocycles. The van der Waals surface area contributed by atoms with Gasteiger partial charge in [0.2, 0.25) is 5.43 Å². The Morgan fingerprint density at radius 2 is 1.96 bits per heavy atom. The first-order chi connectivity index (χ1) is 12.0. The molecule has 1 N–H and O–H groups in total. The number of hydrogen-bond donors (Lipinski definition) is 1. The minimum atomic E-state index is -1.31. The topological polar surface area (TPSA) is 75.0 Å². The molecule has 7 nitrogen and oxygen atoms in total. The SMILES string of the molecule is CN1CCN(c2c(F)cc3c(=O)c(C(=O)O)cn4c3c2OCC4)CC1. The lowest BCUT2D eigenvalue weighted by Gasteiger charge is -2.36. The van der Waals surface area contributed by atoms with Crippen LogP contribution in [0.2, 0.25) is 0 Å². The van der Waals surface area contributed by atoms with Crippen LogP contribution < -0.4 is 15.1 Å². The zero-order valence-electron chi connectivity index (χ0n) is 13.8. The Morgan fingerprint density at radius 3 is 2.64 bits per heavy atom. The Hall–Kier alpha value is -2.61. The van der Waals surface area contributed by atoms with Crippen LogP contribution in [0.3, 0.4) is 0 Å². The second-order valence-electron chi connectivity index (χ2n) is 6.44. The van der Waals surface area contributed by atoms with E-state index in [2.05, 4.69) is 4.90 Å². The van der Waals surface area contributed by atoms with Crippen LogP contribution in [0.15, 0.2) is 17.1 Å². The molecule has 132 valence electrons. The van der Waals surface area contributed by atoms with Crippen molar-refractivity contribution in [2.45, 2.75) is 6.54 Å². The standard InChI is InChI=1S/C17H18FN3O4/c1-19-2-4-20(5-3-19)14-12(18)8-10-13-16(14)25-7-6-21(13)9-11(15(10)22)17(23)24/h8-9H,2-7H2,1H3,(H,23,24). The summed E-state index contributed by atoms with van der Waals surface area (Å²) in [5, 5.41) is 9.28. The van der Waals surface area contributed by atoms with E-state index in [1.165, 1.54) is 6.20 Å². The molecule has 2 aliphatic heterocycles. The molecule has 3 heterocycles. The van der Waals surface area contributed by atoms with Crippen molar-refractivity contribution in [3.63, 3.8) is 0 Å². The van der Waals surface area contributed by atoms with Gasteiger partial charge in [0.1, 0.15) is 17.9 Å². The number of hydrogen-bond acceptors (Lipinski definition) is 5. The summed E-state index contributed by atoms with van der Waals surface area (Å²) in [6.45, 7) is 3.65. The van der Waals surface area contributed by atoms with Crippen molar-refractivity contribution in [2.24, 2.45) is 0 Å². The average molecular weight is 347 g/mol. The van der Waals surface area contributed by atoms with E-state index in [4.69, 9.17) is 4.74 Å². The monoisotopic (exact) mass is 347 g/mol. The number of piperazine rings is 1. The van der Waals surface area contributed by atoms with E-state index in [1.54, 1.807) is 4.57 Å². The number of halogens is 1. The number of ether oxygens (including phenoxy) is 1. The molecule has 0 bridgehead atoms. The third kappa shape index (κ3) is 2.44. The number of carboxylic acid groups (broad SMARTS) is 1. The zero-order valence-corrected chi connectivity index (χ0v) is 13.8. The number of nitrogens with zero attached hydrogens (tertiary/aromatic N) is 3.